The summed E-state index contributed by atoms with van der Waals surface area (Å²) in [7, 11) is 1.48. The average Bonchev–Trinajstić information content (AvgIpc) is 2.71. The first-order valence-corrected chi connectivity index (χ1v) is 9.67. The molecule has 3 rings (SSSR count). The van der Waals surface area contributed by atoms with E-state index in [1.165, 1.54) is 11.9 Å². The lowest BCUT2D eigenvalue weighted by molar-refractivity contribution is 0.0794. The number of halogens is 3. The molecule has 0 spiro atoms. The molecule has 1 aromatic carbocycles. The number of likely N-dealkylation sites (N-methyl/N-ethyl adjacent to an activating group) is 1. The minimum atomic E-state index is -1.20. The van der Waals surface area contributed by atoms with Gasteiger partial charge in [0.05, 0.1) is 0 Å². The lowest BCUT2D eigenvalue weighted by atomic mass is 10.1. The Morgan fingerprint density at radius 1 is 1.22 bits per heavy atom. The Morgan fingerprint density at radius 2 is 1.88 bits per heavy atom. The number of amides is 2. The van der Waals surface area contributed by atoms with Crippen molar-refractivity contribution in [2.45, 2.75) is 25.9 Å². The third-order valence-corrected chi connectivity index (χ3v) is 4.90. The van der Waals surface area contributed by atoms with Crippen molar-refractivity contribution >= 4 is 11.8 Å². The van der Waals surface area contributed by atoms with Gasteiger partial charge < -0.3 is 20.7 Å². The fraction of sp³-hybridized carbons (Fsp3) is 0.286. The number of aromatic hydroxyl groups is 1. The molecule has 0 fully saturated rings. The zero-order valence-electron chi connectivity index (χ0n) is 17.3. The molecule has 1 atom stereocenters. The van der Waals surface area contributed by atoms with Crippen molar-refractivity contribution in [3.05, 3.63) is 75.0 Å². The Kier molecular flexibility index (Phi) is 6.56. The fourth-order valence-electron chi connectivity index (χ4n) is 3.16. The smallest absolute Gasteiger partial charge is 0.276 e. The molecule has 1 aromatic heterocycles. The lowest BCUT2D eigenvalue weighted by Crippen LogP contribution is -2.39. The highest BCUT2D eigenvalue weighted by Crippen LogP contribution is 2.18. The van der Waals surface area contributed by atoms with Gasteiger partial charge in [-0.2, -0.15) is 0 Å². The number of rotatable bonds is 3. The van der Waals surface area contributed by atoms with Gasteiger partial charge in [-0.15, -0.1) is 0 Å². The summed E-state index contributed by atoms with van der Waals surface area (Å²) in [4.78, 5) is 39.2. The molecule has 11 heteroatoms. The molecular weight excluding hydrogens is 429 g/mol. The van der Waals surface area contributed by atoms with Gasteiger partial charge in [0.2, 0.25) is 5.43 Å². The number of carbonyl (C=O) groups excluding carboxylic acids is 2. The van der Waals surface area contributed by atoms with Crippen LogP contribution in [0, 0.1) is 17.5 Å². The van der Waals surface area contributed by atoms with Crippen LogP contribution in [0.4, 0.5) is 13.2 Å². The molecule has 8 nitrogen and oxygen atoms in total. The van der Waals surface area contributed by atoms with Crippen LogP contribution in [-0.4, -0.2) is 46.1 Å². The van der Waals surface area contributed by atoms with E-state index in [9.17, 15) is 32.7 Å². The predicted octanol–water partition coefficient (Wildman–Crippen LogP) is 1.87. The molecule has 0 saturated heterocycles. The van der Waals surface area contributed by atoms with Gasteiger partial charge in [0, 0.05) is 50.1 Å². The average molecular weight is 450 g/mol. The van der Waals surface area contributed by atoms with E-state index >= 15 is 0 Å². The van der Waals surface area contributed by atoms with Crippen LogP contribution in [0.15, 0.2) is 35.3 Å². The monoisotopic (exact) mass is 450 g/mol. The number of hydrogen-bond acceptors (Lipinski definition) is 5. The number of pyridine rings is 1. The van der Waals surface area contributed by atoms with Crippen molar-refractivity contribution in [2.24, 2.45) is 0 Å². The van der Waals surface area contributed by atoms with Crippen LogP contribution in [-0.2, 0) is 6.54 Å². The van der Waals surface area contributed by atoms with Crippen molar-refractivity contribution < 1.29 is 27.9 Å². The SMILES string of the molecule is CC1C/C=C\CN(C)C(=O)c2c(O)c(=O)c(C(=O)NCc3c(F)cc(F)cc3F)cn2N1. The van der Waals surface area contributed by atoms with Crippen molar-refractivity contribution in [3.8, 4) is 5.75 Å². The molecule has 0 radical (unpaired) electrons. The topological polar surface area (TPSA) is 104 Å². The summed E-state index contributed by atoms with van der Waals surface area (Å²) >= 11 is 0. The van der Waals surface area contributed by atoms with Crippen LogP contribution in [0.5, 0.6) is 5.75 Å². The molecule has 0 saturated carbocycles. The largest absolute Gasteiger partial charge is 0.502 e. The maximum Gasteiger partial charge on any atom is 0.276 e. The van der Waals surface area contributed by atoms with E-state index in [0.717, 1.165) is 10.9 Å². The molecule has 1 aliphatic heterocycles. The molecule has 32 heavy (non-hydrogen) atoms. The Bertz CT molecular complexity index is 1140. The first-order valence-electron chi connectivity index (χ1n) is 9.67. The molecule has 1 aliphatic rings. The number of nitrogens with zero attached hydrogens (tertiary/aromatic N) is 2. The molecule has 2 heterocycles. The minimum Gasteiger partial charge on any atom is -0.502 e. The van der Waals surface area contributed by atoms with E-state index in [0.29, 0.717) is 18.6 Å². The van der Waals surface area contributed by atoms with Crippen molar-refractivity contribution in [2.75, 3.05) is 19.0 Å². The Morgan fingerprint density at radius 3 is 2.53 bits per heavy atom. The van der Waals surface area contributed by atoms with Gasteiger partial charge in [-0.3, -0.25) is 19.1 Å². The number of benzene rings is 1. The zero-order valence-corrected chi connectivity index (χ0v) is 17.3. The highest BCUT2D eigenvalue weighted by molar-refractivity contribution is 5.98. The fourth-order valence-corrected chi connectivity index (χ4v) is 3.16. The molecule has 1 unspecified atom stereocenters. The quantitative estimate of drug-likeness (QED) is 0.620. The highest BCUT2D eigenvalue weighted by Gasteiger charge is 2.27. The van der Waals surface area contributed by atoms with Crippen molar-refractivity contribution in [1.82, 2.24) is 14.9 Å². The minimum absolute atomic E-state index is 0.235. The highest BCUT2D eigenvalue weighted by atomic mass is 19.1. The predicted molar refractivity (Wildman–Crippen MR) is 109 cm³/mol. The molecule has 2 aromatic rings. The molecule has 3 N–H and O–H groups in total. The second kappa shape index (κ2) is 9.16. The zero-order chi connectivity index (χ0) is 23.6. The van der Waals surface area contributed by atoms with Gasteiger partial charge in [0.15, 0.2) is 11.4 Å². The van der Waals surface area contributed by atoms with Crippen LogP contribution in [0.25, 0.3) is 0 Å². The molecule has 2 amide bonds. The standard InChI is InChI=1S/C21H21F3N4O4/c1-11-5-3-4-6-27(2)21(32)17-19(30)18(29)14(10-28(17)26-11)20(31)25-9-13-15(23)7-12(22)8-16(13)24/h3-4,7-8,10-11,26,30H,5-6,9H2,1-2H3,(H,25,31)/b4-3-. The normalized spacial score (nSPS) is 17.3. The van der Waals surface area contributed by atoms with Gasteiger partial charge in [-0.1, -0.05) is 12.2 Å². The lowest BCUT2D eigenvalue weighted by Gasteiger charge is -2.25. The number of nitrogens with one attached hydrogen (secondary N) is 2. The van der Waals surface area contributed by atoms with E-state index in [2.05, 4.69) is 10.7 Å². The molecule has 0 bridgehead atoms. The second-order valence-corrected chi connectivity index (χ2v) is 7.39. The van der Waals surface area contributed by atoms with Gasteiger partial charge in [-0.05, 0) is 13.3 Å². The summed E-state index contributed by atoms with van der Waals surface area (Å²) < 4.78 is 41.8. The Hall–Kier alpha value is -3.76. The van der Waals surface area contributed by atoms with Gasteiger partial charge in [0.1, 0.15) is 23.0 Å². The number of carbonyl (C=O) groups is 2. The molecule has 170 valence electrons. The summed E-state index contributed by atoms with van der Waals surface area (Å²) in [6, 6.07) is 0.690. The number of fused-ring (bicyclic) bond motifs is 1. The van der Waals surface area contributed by atoms with E-state index in [1.807, 2.05) is 6.08 Å². The Balaban J connectivity index is 1.97. The first kappa shape index (κ1) is 22.9. The first-order chi connectivity index (χ1) is 15.1. The van der Waals surface area contributed by atoms with Crippen molar-refractivity contribution in [3.63, 3.8) is 0 Å². The van der Waals surface area contributed by atoms with Crippen LogP contribution < -0.4 is 16.2 Å². The van der Waals surface area contributed by atoms with E-state index in [-0.39, 0.29) is 18.3 Å². The van der Waals surface area contributed by atoms with Crippen LogP contribution in [0.3, 0.4) is 0 Å². The van der Waals surface area contributed by atoms with E-state index < -0.39 is 58.1 Å². The van der Waals surface area contributed by atoms with Crippen LogP contribution in [0.2, 0.25) is 0 Å². The van der Waals surface area contributed by atoms with Gasteiger partial charge in [-0.25, -0.2) is 13.2 Å². The summed E-state index contributed by atoms with van der Waals surface area (Å²) in [5.41, 5.74) is 0.281. The summed E-state index contributed by atoms with van der Waals surface area (Å²) in [5.74, 6) is -6.17. The van der Waals surface area contributed by atoms with Crippen LogP contribution in [0.1, 0.15) is 39.8 Å². The van der Waals surface area contributed by atoms with Crippen molar-refractivity contribution in [1.29, 1.82) is 0 Å². The third kappa shape index (κ3) is 4.61. The maximum absolute atomic E-state index is 13.8. The molecular formula is C21H21F3N4O4. The second-order valence-electron chi connectivity index (χ2n) is 7.39. The molecule has 0 aliphatic carbocycles. The summed E-state index contributed by atoms with van der Waals surface area (Å²) in [5, 5.41) is 12.6. The van der Waals surface area contributed by atoms with Gasteiger partial charge in [0.25, 0.3) is 11.8 Å². The number of aromatic nitrogens is 1. The van der Waals surface area contributed by atoms with E-state index in [1.54, 1.807) is 13.0 Å². The van der Waals surface area contributed by atoms with Crippen LogP contribution >= 0.6 is 0 Å². The third-order valence-electron chi connectivity index (χ3n) is 4.90. The maximum atomic E-state index is 13.8. The van der Waals surface area contributed by atoms with E-state index in [4.69, 9.17) is 0 Å². The number of hydrogen-bond donors (Lipinski definition) is 3. The van der Waals surface area contributed by atoms with Gasteiger partial charge >= 0.3 is 0 Å². The summed E-state index contributed by atoms with van der Waals surface area (Å²) in [6.07, 6.45) is 5.22. The Labute approximate surface area is 180 Å². The summed E-state index contributed by atoms with van der Waals surface area (Å²) in [6.45, 7) is 1.37.